The number of aromatic nitrogens is 2. The highest BCUT2D eigenvalue weighted by Gasteiger charge is 2.42. The van der Waals surface area contributed by atoms with Gasteiger partial charge in [0.25, 0.3) is 0 Å². The molecule has 0 unspecified atom stereocenters. The Morgan fingerprint density at radius 1 is 1.64 bits per heavy atom. The van der Waals surface area contributed by atoms with Gasteiger partial charge in [-0.05, 0) is 38.1 Å². The lowest BCUT2D eigenvalue weighted by Crippen LogP contribution is -2.17. The molecule has 0 atom stereocenters. The van der Waals surface area contributed by atoms with Crippen LogP contribution in [0.15, 0.2) is 6.20 Å². The van der Waals surface area contributed by atoms with E-state index in [0.717, 1.165) is 30.2 Å². The Bertz CT molecular complexity index is 328. The first-order valence-corrected chi connectivity index (χ1v) is 5.43. The predicted octanol–water partition coefficient (Wildman–Crippen LogP) is 1.97. The number of nitrogens with zero attached hydrogens (tertiary/aromatic N) is 2. The lowest BCUT2D eigenvalue weighted by atomic mass is 10.0. The fourth-order valence-corrected chi connectivity index (χ4v) is 2.01. The normalized spacial score (nSPS) is 18.5. The maximum Gasteiger partial charge on any atom is 0.0814 e. The van der Waals surface area contributed by atoms with E-state index in [4.69, 9.17) is 17.3 Å². The minimum atomic E-state index is 0.425. The lowest BCUT2D eigenvalue weighted by molar-refractivity contribution is 0.371. The van der Waals surface area contributed by atoms with E-state index >= 15 is 0 Å². The van der Waals surface area contributed by atoms with Crippen molar-refractivity contribution >= 4 is 11.6 Å². The molecule has 1 aliphatic rings. The molecule has 2 N–H and O–H groups in total. The minimum Gasteiger partial charge on any atom is -0.330 e. The molecular weight excluding hydrogens is 198 g/mol. The van der Waals surface area contributed by atoms with Crippen LogP contribution in [0.4, 0.5) is 0 Å². The summed E-state index contributed by atoms with van der Waals surface area (Å²) < 4.78 is 2.00. The van der Waals surface area contributed by atoms with Crippen LogP contribution in [0.1, 0.15) is 25.0 Å². The van der Waals surface area contributed by atoms with E-state index in [1.807, 2.05) is 11.6 Å². The van der Waals surface area contributed by atoms with E-state index in [-0.39, 0.29) is 0 Å². The number of halogens is 1. The third kappa shape index (κ3) is 1.79. The Morgan fingerprint density at radius 3 is 2.79 bits per heavy atom. The highest BCUT2D eigenvalue weighted by molar-refractivity contribution is 6.31. The molecular formula is C10H16ClN3. The zero-order valence-electron chi connectivity index (χ0n) is 8.46. The highest BCUT2D eigenvalue weighted by atomic mass is 35.5. The second-order valence-corrected chi connectivity index (χ2v) is 4.68. The van der Waals surface area contributed by atoms with Crippen LogP contribution in [-0.2, 0) is 6.54 Å². The average molecular weight is 214 g/mol. The van der Waals surface area contributed by atoms with Gasteiger partial charge in [0.2, 0.25) is 0 Å². The zero-order chi connectivity index (χ0) is 10.2. The SMILES string of the molecule is Cc1c(Cl)cnn1CC1(CCN)CC1. The first kappa shape index (κ1) is 9.99. The van der Waals surface area contributed by atoms with Crippen LogP contribution in [-0.4, -0.2) is 16.3 Å². The van der Waals surface area contributed by atoms with Gasteiger partial charge in [-0.3, -0.25) is 4.68 Å². The molecule has 1 aliphatic carbocycles. The number of hydrogen-bond donors (Lipinski definition) is 1. The van der Waals surface area contributed by atoms with E-state index in [1.165, 1.54) is 12.8 Å². The Morgan fingerprint density at radius 2 is 2.36 bits per heavy atom. The quantitative estimate of drug-likeness (QED) is 0.831. The van der Waals surface area contributed by atoms with Crippen molar-refractivity contribution in [3.8, 4) is 0 Å². The first-order valence-electron chi connectivity index (χ1n) is 5.05. The van der Waals surface area contributed by atoms with Gasteiger partial charge in [-0.15, -0.1) is 0 Å². The second kappa shape index (κ2) is 3.55. The summed E-state index contributed by atoms with van der Waals surface area (Å²) >= 11 is 5.95. The first-order chi connectivity index (χ1) is 6.67. The van der Waals surface area contributed by atoms with Gasteiger partial charge in [0.05, 0.1) is 16.9 Å². The van der Waals surface area contributed by atoms with Gasteiger partial charge in [0.1, 0.15) is 0 Å². The summed E-state index contributed by atoms with van der Waals surface area (Å²) in [6.07, 6.45) is 5.38. The van der Waals surface area contributed by atoms with Crippen LogP contribution in [0.2, 0.25) is 5.02 Å². The maximum absolute atomic E-state index is 5.95. The van der Waals surface area contributed by atoms with Crippen LogP contribution < -0.4 is 5.73 Å². The molecule has 0 bridgehead atoms. The van der Waals surface area contributed by atoms with E-state index in [2.05, 4.69) is 5.10 Å². The third-order valence-electron chi connectivity index (χ3n) is 3.16. The summed E-state index contributed by atoms with van der Waals surface area (Å²) in [7, 11) is 0. The molecule has 0 aromatic carbocycles. The van der Waals surface area contributed by atoms with Crippen LogP contribution in [0.25, 0.3) is 0 Å². The van der Waals surface area contributed by atoms with Crippen molar-refractivity contribution in [3.63, 3.8) is 0 Å². The smallest absolute Gasteiger partial charge is 0.0814 e. The molecule has 2 rings (SSSR count). The van der Waals surface area contributed by atoms with E-state index in [0.29, 0.717) is 5.41 Å². The lowest BCUT2D eigenvalue weighted by Gasteiger charge is -2.14. The Balaban J connectivity index is 2.07. The van der Waals surface area contributed by atoms with Crippen molar-refractivity contribution in [3.05, 3.63) is 16.9 Å². The van der Waals surface area contributed by atoms with Gasteiger partial charge in [0.15, 0.2) is 0 Å². The molecule has 14 heavy (non-hydrogen) atoms. The molecule has 0 saturated heterocycles. The summed E-state index contributed by atoms with van der Waals surface area (Å²) in [5, 5.41) is 5.02. The molecule has 1 aromatic rings. The van der Waals surface area contributed by atoms with Crippen molar-refractivity contribution in [2.24, 2.45) is 11.1 Å². The molecule has 1 aromatic heterocycles. The Labute approximate surface area is 89.2 Å². The standard InChI is InChI=1S/C10H16ClN3/c1-8-9(11)6-13-14(8)7-10(2-3-10)4-5-12/h6H,2-5,7,12H2,1H3. The zero-order valence-corrected chi connectivity index (χ0v) is 9.22. The van der Waals surface area contributed by atoms with Gasteiger partial charge in [-0.1, -0.05) is 11.6 Å². The van der Waals surface area contributed by atoms with Crippen molar-refractivity contribution in [1.29, 1.82) is 0 Å². The molecule has 0 spiro atoms. The molecule has 4 heteroatoms. The van der Waals surface area contributed by atoms with Crippen LogP contribution in [0.5, 0.6) is 0 Å². The molecule has 78 valence electrons. The Kier molecular flexibility index (Phi) is 2.54. The van der Waals surface area contributed by atoms with Gasteiger partial charge >= 0.3 is 0 Å². The van der Waals surface area contributed by atoms with Crippen molar-refractivity contribution in [2.45, 2.75) is 32.7 Å². The molecule has 1 fully saturated rings. The monoisotopic (exact) mass is 213 g/mol. The largest absolute Gasteiger partial charge is 0.330 e. The van der Waals surface area contributed by atoms with E-state index in [9.17, 15) is 0 Å². The van der Waals surface area contributed by atoms with E-state index < -0.39 is 0 Å². The number of nitrogens with two attached hydrogens (primary N) is 1. The molecule has 0 radical (unpaired) electrons. The highest BCUT2D eigenvalue weighted by Crippen LogP contribution is 2.49. The van der Waals surface area contributed by atoms with Gasteiger partial charge in [-0.2, -0.15) is 5.10 Å². The van der Waals surface area contributed by atoms with Crippen molar-refractivity contribution < 1.29 is 0 Å². The fraction of sp³-hybridized carbons (Fsp3) is 0.700. The summed E-state index contributed by atoms with van der Waals surface area (Å²) in [5.41, 5.74) is 7.09. The molecule has 1 saturated carbocycles. The van der Waals surface area contributed by atoms with Crippen molar-refractivity contribution in [1.82, 2.24) is 9.78 Å². The minimum absolute atomic E-state index is 0.425. The Hall–Kier alpha value is -0.540. The molecule has 0 amide bonds. The number of rotatable bonds is 4. The topological polar surface area (TPSA) is 43.8 Å². The summed E-state index contributed by atoms with van der Waals surface area (Å²) in [6.45, 7) is 3.75. The fourth-order valence-electron chi connectivity index (χ4n) is 1.87. The second-order valence-electron chi connectivity index (χ2n) is 4.27. The molecule has 0 aliphatic heterocycles. The van der Waals surface area contributed by atoms with Crippen LogP contribution in [0, 0.1) is 12.3 Å². The summed E-state index contributed by atoms with van der Waals surface area (Å²) in [6, 6.07) is 0. The van der Waals surface area contributed by atoms with Gasteiger partial charge in [0, 0.05) is 6.54 Å². The van der Waals surface area contributed by atoms with Crippen molar-refractivity contribution in [2.75, 3.05) is 6.54 Å². The molecule has 1 heterocycles. The summed E-state index contributed by atoms with van der Waals surface area (Å²) in [5.74, 6) is 0. The molecule has 3 nitrogen and oxygen atoms in total. The van der Waals surface area contributed by atoms with Gasteiger partial charge in [-0.25, -0.2) is 0 Å². The predicted molar refractivity (Wildman–Crippen MR) is 57.3 cm³/mol. The average Bonchev–Trinajstić information content (AvgIpc) is 2.85. The van der Waals surface area contributed by atoms with E-state index in [1.54, 1.807) is 6.20 Å². The summed E-state index contributed by atoms with van der Waals surface area (Å²) in [4.78, 5) is 0. The number of hydrogen-bond acceptors (Lipinski definition) is 2. The van der Waals surface area contributed by atoms with Crippen LogP contribution >= 0.6 is 11.6 Å². The third-order valence-corrected chi connectivity index (χ3v) is 3.53. The van der Waals surface area contributed by atoms with Crippen LogP contribution in [0.3, 0.4) is 0 Å². The van der Waals surface area contributed by atoms with Gasteiger partial charge < -0.3 is 5.73 Å². The maximum atomic E-state index is 5.95.